The van der Waals surface area contributed by atoms with Gasteiger partial charge in [0.2, 0.25) is 0 Å². The summed E-state index contributed by atoms with van der Waals surface area (Å²) in [5.41, 5.74) is 0.817. The molecule has 1 aliphatic heterocycles. The lowest BCUT2D eigenvalue weighted by molar-refractivity contribution is 0.160. The van der Waals surface area contributed by atoms with Crippen molar-refractivity contribution in [1.82, 2.24) is 9.88 Å². The summed E-state index contributed by atoms with van der Waals surface area (Å²) in [6, 6.07) is 13.3. The van der Waals surface area contributed by atoms with Crippen molar-refractivity contribution in [2.75, 3.05) is 31.5 Å². The zero-order valence-electron chi connectivity index (χ0n) is 19.6. The number of nitrogens with one attached hydrogen (secondary N) is 1. The highest BCUT2D eigenvalue weighted by Gasteiger charge is 2.21. The maximum atomic E-state index is 12.9. The lowest BCUT2D eigenvalue weighted by atomic mass is 9.98. The number of hydrogen-bond donors (Lipinski definition) is 1. The minimum absolute atomic E-state index is 0.0471. The number of halogens is 3. The minimum Gasteiger partial charge on any atom is -0.492 e. The predicted molar refractivity (Wildman–Crippen MR) is 146 cm³/mol. The van der Waals surface area contributed by atoms with E-state index >= 15 is 0 Å². The van der Waals surface area contributed by atoms with Crippen molar-refractivity contribution in [3.05, 3.63) is 74.8 Å². The van der Waals surface area contributed by atoms with Gasteiger partial charge >= 0.3 is 0 Å². The highest BCUT2D eigenvalue weighted by Crippen LogP contribution is 2.32. The zero-order chi connectivity index (χ0) is 25.7. The van der Waals surface area contributed by atoms with Gasteiger partial charge in [-0.2, -0.15) is 0 Å². The molecule has 192 valence electrons. The Morgan fingerprint density at radius 2 is 1.81 bits per heavy atom. The third kappa shape index (κ3) is 7.04. The molecule has 3 aromatic rings. The number of rotatable bonds is 9. The van der Waals surface area contributed by atoms with Crippen LogP contribution in [0.15, 0.2) is 64.1 Å². The van der Waals surface area contributed by atoms with Gasteiger partial charge in [-0.05, 0) is 90.7 Å². The van der Waals surface area contributed by atoms with Gasteiger partial charge in [-0.25, -0.2) is 13.4 Å². The van der Waals surface area contributed by atoms with E-state index in [1.165, 1.54) is 18.3 Å². The molecule has 0 unspecified atom stereocenters. The molecule has 0 saturated carbocycles. The fourth-order valence-electron chi connectivity index (χ4n) is 3.80. The van der Waals surface area contributed by atoms with Crippen LogP contribution in [0.5, 0.6) is 11.5 Å². The average molecular weight is 615 g/mol. The second-order valence-electron chi connectivity index (χ2n) is 8.65. The van der Waals surface area contributed by atoms with Gasteiger partial charge in [0, 0.05) is 10.7 Å². The Hall–Kier alpha value is -2.04. The van der Waals surface area contributed by atoms with Crippen LogP contribution in [-0.4, -0.2) is 45.0 Å². The lowest BCUT2D eigenvalue weighted by Gasteiger charge is -2.28. The summed E-state index contributed by atoms with van der Waals surface area (Å²) < 4.78 is 40.9. The van der Waals surface area contributed by atoms with E-state index in [1.807, 2.05) is 12.1 Å². The number of benzene rings is 2. The second kappa shape index (κ2) is 12.0. The molecule has 11 heteroatoms. The summed E-state index contributed by atoms with van der Waals surface area (Å²) in [7, 11) is -1.85. The molecule has 0 atom stereocenters. The van der Waals surface area contributed by atoms with Crippen molar-refractivity contribution in [2.24, 2.45) is 5.92 Å². The number of ether oxygens (including phenoxy) is 2. The first kappa shape index (κ1) is 27.0. The van der Waals surface area contributed by atoms with E-state index in [1.54, 1.807) is 24.3 Å². The molecule has 1 fully saturated rings. The van der Waals surface area contributed by atoms with Crippen molar-refractivity contribution >= 4 is 55.0 Å². The van der Waals surface area contributed by atoms with E-state index in [0.29, 0.717) is 27.8 Å². The molecule has 1 aromatic heterocycles. The molecule has 1 saturated heterocycles. The number of hydrogen-bond acceptors (Lipinski definition) is 6. The third-order valence-corrected chi connectivity index (χ3v) is 8.46. The maximum absolute atomic E-state index is 12.9. The molecule has 0 amide bonds. The van der Waals surface area contributed by atoms with Gasteiger partial charge in [-0.1, -0.05) is 41.4 Å². The van der Waals surface area contributed by atoms with Crippen LogP contribution >= 0.6 is 39.1 Å². The Kier molecular flexibility index (Phi) is 9.00. The van der Waals surface area contributed by atoms with Gasteiger partial charge in [0.05, 0.1) is 16.7 Å². The van der Waals surface area contributed by atoms with E-state index in [0.717, 1.165) is 31.5 Å². The molecular formula is C25H26BrCl2N3O4S. The first-order valence-electron chi connectivity index (χ1n) is 11.4. The topological polar surface area (TPSA) is 80.8 Å². The fourth-order valence-corrected chi connectivity index (χ4v) is 5.82. The number of nitrogens with zero attached hydrogens (tertiary/aromatic N) is 2. The average Bonchev–Trinajstić information content (AvgIpc) is 2.85. The highest BCUT2D eigenvalue weighted by molar-refractivity contribution is 9.10. The molecule has 7 nitrogen and oxygen atoms in total. The molecule has 4 rings (SSSR count). The Bertz CT molecular complexity index is 1320. The second-order valence-corrected chi connectivity index (χ2v) is 12.0. The Balaban J connectivity index is 1.45. The number of aromatic nitrogens is 1. The Labute approximate surface area is 229 Å². The Morgan fingerprint density at radius 3 is 2.56 bits per heavy atom. The standard InChI is InChI=1S/C25H26BrCl2N3O4S/c1-31-10-8-17(9-11-31)15-34-22-12-18(6-7-20(22)27)16-35-23-13-19(26)14-29-25(23)30-36(32,33)24-5-3-2-4-21(24)28/h2-7,12-14,17H,8-11,15-16H2,1H3,(H,29,30). The summed E-state index contributed by atoms with van der Waals surface area (Å²) in [5.74, 6) is 1.40. The maximum Gasteiger partial charge on any atom is 0.264 e. The summed E-state index contributed by atoms with van der Waals surface area (Å²) in [6.07, 6.45) is 3.67. The van der Waals surface area contributed by atoms with Gasteiger partial charge in [0.15, 0.2) is 11.6 Å². The number of anilines is 1. The quantitative estimate of drug-likeness (QED) is 0.307. The summed E-state index contributed by atoms with van der Waals surface area (Å²) in [4.78, 5) is 6.47. The van der Waals surface area contributed by atoms with Gasteiger partial charge in [0.25, 0.3) is 10.0 Å². The fraction of sp³-hybridized carbons (Fsp3) is 0.320. The number of sulfonamides is 1. The molecule has 2 aromatic carbocycles. The van der Waals surface area contributed by atoms with Gasteiger partial charge in [-0.3, -0.25) is 4.72 Å². The minimum atomic E-state index is -3.98. The molecule has 1 N–H and O–H groups in total. The van der Waals surface area contributed by atoms with Gasteiger partial charge in [-0.15, -0.1) is 0 Å². The number of piperidine rings is 1. The monoisotopic (exact) mass is 613 g/mol. The zero-order valence-corrected chi connectivity index (χ0v) is 23.5. The van der Waals surface area contributed by atoms with Crippen molar-refractivity contribution < 1.29 is 17.9 Å². The number of likely N-dealkylation sites (tertiary alicyclic amines) is 1. The van der Waals surface area contributed by atoms with Crippen LogP contribution in [0, 0.1) is 5.92 Å². The first-order valence-corrected chi connectivity index (χ1v) is 14.4. The van der Waals surface area contributed by atoms with E-state index in [9.17, 15) is 8.42 Å². The normalized spacial score (nSPS) is 15.0. The van der Waals surface area contributed by atoms with Crippen molar-refractivity contribution in [3.63, 3.8) is 0 Å². The van der Waals surface area contributed by atoms with Crippen LogP contribution in [0.3, 0.4) is 0 Å². The lowest BCUT2D eigenvalue weighted by Crippen LogP contribution is -2.32. The van der Waals surface area contributed by atoms with Crippen molar-refractivity contribution in [1.29, 1.82) is 0 Å². The highest BCUT2D eigenvalue weighted by atomic mass is 79.9. The third-order valence-electron chi connectivity index (χ3n) is 5.88. The smallest absolute Gasteiger partial charge is 0.264 e. The molecule has 0 spiro atoms. The molecule has 2 heterocycles. The van der Waals surface area contributed by atoms with Gasteiger partial charge in [0.1, 0.15) is 17.3 Å². The van der Waals surface area contributed by atoms with Gasteiger partial charge < -0.3 is 14.4 Å². The molecule has 36 heavy (non-hydrogen) atoms. The summed E-state index contributed by atoms with van der Waals surface area (Å²) in [5, 5.41) is 0.641. The largest absolute Gasteiger partial charge is 0.492 e. The molecular weight excluding hydrogens is 589 g/mol. The molecule has 1 aliphatic rings. The van der Waals surface area contributed by atoms with Crippen LogP contribution < -0.4 is 14.2 Å². The van der Waals surface area contributed by atoms with Crippen LogP contribution in [0.1, 0.15) is 18.4 Å². The molecule has 0 radical (unpaired) electrons. The van der Waals surface area contributed by atoms with Crippen LogP contribution in [-0.2, 0) is 16.6 Å². The SMILES string of the molecule is CN1CCC(COc2cc(COc3cc(Br)cnc3NS(=O)(=O)c3ccccc3Cl)ccc2Cl)CC1. The predicted octanol–water partition coefficient (Wildman–Crippen LogP) is 6.25. The first-order chi connectivity index (χ1) is 17.2. The van der Waals surface area contributed by atoms with Crippen LogP contribution in [0.2, 0.25) is 10.0 Å². The molecule has 0 aliphatic carbocycles. The summed E-state index contributed by atoms with van der Waals surface area (Å²) >= 11 is 15.8. The Morgan fingerprint density at radius 1 is 1.06 bits per heavy atom. The number of pyridine rings is 1. The van der Waals surface area contributed by atoms with E-state index in [-0.39, 0.29) is 28.1 Å². The van der Waals surface area contributed by atoms with E-state index in [2.05, 4.69) is 37.6 Å². The molecule has 0 bridgehead atoms. The van der Waals surface area contributed by atoms with Crippen LogP contribution in [0.4, 0.5) is 5.82 Å². The van der Waals surface area contributed by atoms with Crippen molar-refractivity contribution in [2.45, 2.75) is 24.3 Å². The summed E-state index contributed by atoms with van der Waals surface area (Å²) in [6.45, 7) is 2.90. The van der Waals surface area contributed by atoms with E-state index < -0.39 is 10.0 Å². The van der Waals surface area contributed by atoms with E-state index in [4.69, 9.17) is 32.7 Å². The van der Waals surface area contributed by atoms with Crippen LogP contribution in [0.25, 0.3) is 0 Å². The van der Waals surface area contributed by atoms with Crippen molar-refractivity contribution in [3.8, 4) is 11.5 Å².